The van der Waals surface area contributed by atoms with Crippen LogP contribution >= 0.6 is 11.6 Å². The smallest absolute Gasteiger partial charge is 0.245 e. The maximum absolute atomic E-state index is 14.1. The predicted octanol–water partition coefficient (Wildman–Crippen LogP) is 5.39. The lowest BCUT2D eigenvalue weighted by Crippen LogP contribution is -2.49. The number of hydrogen-bond acceptors (Lipinski definition) is 4. The van der Waals surface area contributed by atoms with Crippen molar-refractivity contribution in [3.63, 3.8) is 0 Å². The quantitative estimate of drug-likeness (QED) is 0.529. The number of aromatic nitrogens is 1. The number of fused-ring (bicyclic) bond motifs is 3. The van der Waals surface area contributed by atoms with Gasteiger partial charge in [-0.25, -0.2) is 4.39 Å². The van der Waals surface area contributed by atoms with Crippen LogP contribution in [0.15, 0.2) is 83.8 Å². The molecule has 3 aliphatic rings. The Morgan fingerprint density at radius 1 is 1.06 bits per heavy atom. The molecule has 2 aliphatic heterocycles. The molecule has 6 rings (SSSR count). The van der Waals surface area contributed by atoms with E-state index in [0.29, 0.717) is 46.9 Å². The molecule has 3 heterocycles. The highest BCUT2D eigenvalue weighted by molar-refractivity contribution is 6.31. The normalized spacial score (nSPS) is 21.2. The molecule has 0 saturated heterocycles. The van der Waals surface area contributed by atoms with Crippen LogP contribution in [0.25, 0.3) is 5.82 Å². The Balaban J connectivity index is 1.78. The Kier molecular flexibility index (Phi) is 4.70. The summed E-state index contributed by atoms with van der Waals surface area (Å²) in [5.74, 6) is -0.788. The van der Waals surface area contributed by atoms with Crippen molar-refractivity contribution in [1.82, 2.24) is 4.57 Å². The highest BCUT2D eigenvalue weighted by Crippen LogP contribution is 2.56. The van der Waals surface area contributed by atoms with Crippen LogP contribution in [0, 0.1) is 17.1 Å². The molecule has 0 unspecified atom stereocenters. The molecule has 0 bridgehead atoms. The Hall–Kier alpha value is -4.15. The number of anilines is 2. The molecular formula is C27H18ClFN4O2. The molecule has 1 amide bonds. The third-order valence-corrected chi connectivity index (χ3v) is 7.17. The SMILES string of the molecule is N#CC1=C(n2cccc2)N(c2ccc(F)c(Cl)c2)C2=C(C(=O)CCC2)[C@]12C(=O)Nc1ccccc12. The van der Waals surface area contributed by atoms with Crippen LogP contribution in [0.2, 0.25) is 5.02 Å². The maximum atomic E-state index is 14.1. The first-order valence-corrected chi connectivity index (χ1v) is 11.6. The van der Waals surface area contributed by atoms with Gasteiger partial charge in [-0.15, -0.1) is 0 Å². The highest BCUT2D eigenvalue weighted by Gasteiger charge is 2.60. The first-order valence-electron chi connectivity index (χ1n) is 11.2. The van der Waals surface area contributed by atoms with Crippen LogP contribution in [-0.2, 0) is 15.0 Å². The number of carbonyl (C=O) groups excluding carboxylic acids is 2. The van der Waals surface area contributed by atoms with Crippen molar-refractivity contribution >= 4 is 40.5 Å². The van der Waals surface area contributed by atoms with Gasteiger partial charge in [0.25, 0.3) is 0 Å². The monoisotopic (exact) mass is 484 g/mol. The number of allylic oxidation sites excluding steroid dienone is 1. The summed E-state index contributed by atoms with van der Waals surface area (Å²) in [6, 6.07) is 17.3. The number of benzene rings is 2. The van der Waals surface area contributed by atoms with Gasteiger partial charge in [-0.05, 0) is 49.2 Å². The molecule has 6 nitrogen and oxygen atoms in total. The molecule has 8 heteroatoms. The molecule has 0 fully saturated rings. The summed E-state index contributed by atoms with van der Waals surface area (Å²) >= 11 is 6.15. The van der Waals surface area contributed by atoms with E-state index in [0.717, 1.165) is 0 Å². The average molecular weight is 485 g/mol. The van der Waals surface area contributed by atoms with Gasteiger partial charge in [-0.3, -0.25) is 14.5 Å². The Morgan fingerprint density at radius 2 is 1.83 bits per heavy atom. The average Bonchev–Trinajstić information content (AvgIpc) is 3.48. The van der Waals surface area contributed by atoms with Gasteiger partial charge in [-0.1, -0.05) is 29.8 Å². The highest BCUT2D eigenvalue weighted by atomic mass is 35.5. The minimum atomic E-state index is -1.59. The summed E-state index contributed by atoms with van der Waals surface area (Å²) in [5, 5.41) is 13.4. The number of nitrogens with zero attached hydrogens (tertiary/aromatic N) is 3. The van der Waals surface area contributed by atoms with Crippen molar-refractivity contribution in [1.29, 1.82) is 5.26 Å². The van der Waals surface area contributed by atoms with E-state index in [1.807, 2.05) is 12.1 Å². The summed E-state index contributed by atoms with van der Waals surface area (Å²) in [4.78, 5) is 29.2. The Labute approximate surface area is 205 Å². The van der Waals surface area contributed by atoms with E-state index in [2.05, 4.69) is 11.4 Å². The second kappa shape index (κ2) is 7.69. The predicted molar refractivity (Wildman–Crippen MR) is 130 cm³/mol. The zero-order chi connectivity index (χ0) is 24.3. The lowest BCUT2D eigenvalue weighted by Gasteiger charge is -2.44. The maximum Gasteiger partial charge on any atom is 0.245 e. The number of para-hydroxylation sites is 1. The topological polar surface area (TPSA) is 78.1 Å². The van der Waals surface area contributed by atoms with Crippen LogP contribution in [0.1, 0.15) is 24.8 Å². The molecule has 0 saturated carbocycles. The minimum absolute atomic E-state index is 0.0820. The minimum Gasteiger partial charge on any atom is -0.324 e. The Morgan fingerprint density at radius 3 is 2.57 bits per heavy atom. The molecule has 3 aromatic rings. The van der Waals surface area contributed by atoms with E-state index < -0.39 is 17.1 Å². The van der Waals surface area contributed by atoms with Crippen LogP contribution in [0.4, 0.5) is 15.8 Å². The number of halogens is 2. The molecule has 1 spiro atoms. The largest absolute Gasteiger partial charge is 0.324 e. The first-order chi connectivity index (χ1) is 17.0. The summed E-state index contributed by atoms with van der Waals surface area (Å²) in [6.45, 7) is 0. The third kappa shape index (κ3) is 2.81. The number of Topliss-reactive ketones (excluding diaryl/α,β-unsaturated/α-hetero) is 1. The van der Waals surface area contributed by atoms with E-state index in [4.69, 9.17) is 11.6 Å². The van der Waals surface area contributed by atoms with Crippen LogP contribution in [0.5, 0.6) is 0 Å². The summed E-state index contributed by atoms with van der Waals surface area (Å²) in [5.41, 5.74) is 1.07. The van der Waals surface area contributed by atoms with E-state index >= 15 is 0 Å². The van der Waals surface area contributed by atoms with Crippen LogP contribution in [-0.4, -0.2) is 16.3 Å². The summed E-state index contributed by atoms with van der Waals surface area (Å²) < 4.78 is 15.8. The lowest BCUT2D eigenvalue weighted by atomic mass is 9.63. The second-order valence-corrected chi connectivity index (χ2v) is 9.09. The van der Waals surface area contributed by atoms with E-state index in [1.165, 1.54) is 12.1 Å². The van der Waals surface area contributed by atoms with Gasteiger partial charge >= 0.3 is 0 Å². The fourth-order valence-electron chi connectivity index (χ4n) is 5.52. The number of nitriles is 1. The second-order valence-electron chi connectivity index (χ2n) is 8.68. The number of ketones is 1. The zero-order valence-corrected chi connectivity index (χ0v) is 19.1. The van der Waals surface area contributed by atoms with Crippen molar-refractivity contribution < 1.29 is 14.0 Å². The van der Waals surface area contributed by atoms with Crippen molar-refractivity contribution in [2.75, 3.05) is 10.2 Å². The third-order valence-electron chi connectivity index (χ3n) is 6.88. The fraction of sp³-hybridized carbons (Fsp3) is 0.148. The molecule has 0 radical (unpaired) electrons. The fourth-order valence-corrected chi connectivity index (χ4v) is 5.69. The van der Waals surface area contributed by atoms with Crippen LogP contribution in [0.3, 0.4) is 0 Å². The van der Waals surface area contributed by atoms with Crippen molar-refractivity contribution in [3.8, 4) is 6.07 Å². The molecule has 1 atom stereocenters. The molecule has 35 heavy (non-hydrogen) atoms. The Bertz CT molecular complexity index is 1530. The van der Waals surface area contributed by atoms with Gasteiger partial charge in [0.2, 0.25) is 5.91 Å². The van der Waals surface area contributed by atoms with Gasteiger partial charge in [0.1, 0.15) is 23.1 Å². The van der Waals surface area contributed by atoms with E-state index in [9.17, 15) is 19.2 Å². The number of carbonyl (C=O) groups is 2. The molecule has 172 valence electrons. The van der Waals surface area contributed by atoms with Gasteiger partial charge in [0, 0.05) is 47.0 Å². The molecule has 1 aromatic heterocycles. The number of rotatable bonds is 2. The zero-order valence-electron chi connectivity index (χ0n) is 18.4. The van der Waals surface area contributed by atoms with Gasteiger partial charge in [0.05, 0.1) is 10.6 Å². The molecular weight excluding hydrogens is 467 g/mol. The van der Waals surface area contributed by atoms with Crippen LogP contribution < -0.4 is 10.2 Å². The van der Waals surface area contributed by atoms with Gasteiger partial charge < -0.3 is 9.88 Å². The summed E-state index contributed by atoms with van der Waals surface area (Å²) in [7, 11) is 0. The lowest BCUT2D eigenvalue weighted by molar-refractivity contribution is -0.122. The van der Waals surface area contributed by atoms with Gasteiger partial charge in [-0.2, -0.15) is 5.26 Å². The number of amides is 1. The molecule has 1 N–H and O–H groups in total. The van der Waals surface area contributed by atoms with Crippen molar-refractivity contribution in [3.05, 3.63) is 100 Å². The first kappa shape index (κ1) is 21.4. The van der Waals surface area contributed by atoms with E-state index in [-0.39, 0.29) is 22.8 Å². The summed E-state index contributed by atoms with van der Waals surface area (Å²) in [6.07, 6.45) is 4.90. The molecule has 2 aromatic carbocycles. The standard InChI is InChI=1S/C27H18ClFN4O2/c28-19-14-16(10-11-20(19)29)33-22-8-5-9-23(34)24(22)27(17-6-1-2-7-21(17)31-26(27)35)18(15-30)25(33)32-12-3-4-13-32/h1-4,6-7,10-14H,5,8-9H2,(H,31,35)/t27-/m1/s1. The van der Waals surface area contributed by atoms with E-state index in [1.54, 1.807) is 52.2 Å². The van der Waals surface area contributed by atoms with Crippen molar-refractivity contribution in [2.24, 2.45) is 0 Å². The molecule has 1 aliphatic carbocycles. The van der Waals surface area contributed by atoms with Crippen molar-refractivity contribution in [2.45, 2.75) is 24.7 Å². The number of hydrogen-bond donors (Lipinski definition) is 1. The van der Waals surface area contributed by atoms with Gasteiger partial charge in [0.15, 0.2) is 5.78 Å². The number of nitrogens with one attached hydrogen (secondary N) is 1.